The third-order valence-electron chi connectivity index (χ3n) is 3.79. The number of carbonyl (C=O) groups excluding carboxylic acids is 1. The molecule has 3 aromatic rings. The maximum absolute atomic E-state index is 13.6. The van der Waals surface area contributed by atoms with Gasteiger partial charge in [-0.25, -0.2) is 9.37 Å². The number of carbonyl (C=O) groups is 1. The summed E-state index contributed by atoms with van der Waals surface area (Å²) in [6.07, 6.45) is 2.85. The third kappa shape index (κ3) is 2.82. The third-order valence-corrected chi connectivity index (χ3v) is 3.79. The van der Waals surface area contributed by atoms with E-state index in [1.165, 1.54) is 12.3 Å². The van der Waals surface area contributed by atoms with Crippen molar-refractivity contribution < 1.29 is 9.18 Å². The molecule has 0 bridgehead atoms. The Hall–Kier alpha value is -2.69. The number of benzene rings is 1. The van der Waals surface area contributed by atoms with Gasteiger partial charge in [-0.2, -0.15) is 0 Å². The molecular formula is C18H18FN3O. The Morgan fingerprint density at radius 3 is 2.65 bits per heavy atom. The second-order valence-corrected chi connectivity index (χ2v) is 5.43. The Bertz CT molecular complexity index is 842. The molecule has 5 heteroatoms. The molecule has 0 aliphatic rings. The predicted molar refractivity (Wildman–Crippen MR) is 88.3 cm³/mol. The highest BCUT2D eigenvalue weighted by Gasteiger charge is 2.23. The second kappa shape index (κ2) is 6.20. The average Bonchev–Trinajstić information content (AvgIpc) is 2.92. The summed E-state index contributed by atoms with van der Waals surface area (Å²) in [4.78, 5) is 19.0. The topological polar surface area (TPSA) is 37.6 Å². The molecule has 0 N–H and O–H groups in total. The molecule has 2 heterocycles. The summed E-state index contributed by atoms with van der Waals surface area (Å²) in [7, 11) is 1.71. The molecule has 2 aromatic heterocycles. The van der Waals surface area contributed by atoms with Crippen molar-refractivity contribution in [3.63, 3.8) is 0 Å². The lowest BCUT2D eigenvalue weighted by Crippen LogP contribution is -2.28. The van der Waals surface area contributed by atoms with Crippen molar-refractivity contribution in [2.75, 3.05) is 11.9 Å². The first kappa shape index (κ1) is 15.2. The van der Waals surface area contributed by atoms with Gasteiger partial charge < -0.3 is 4.90 Å². The van der Waals surface area contributed by atoms with Crippen LogP contribution in [0.1, 0.15) is 29.5 Å². The van der Waals surface area contributed by atoms with Gasteiger partial charge in [-0.1, -0.05) is 31.5 Å². The van der Waals surface area contributed by atoms with Crippen molar-refractivity contribution in [2.24, 2.45) is 0 Å². The quantitative estimate of drug-likeness (QED) is 0.737. The Balaban J connectivity index is 2.11. The monoisotopic (exact) mass is 311 g/mol. The van der Waals surface area contributed by atoms with Crippen LogP contribution in [0, 0.1) is 5.82 Å². The number of halogens is 1. The molecular weight excluding hydrogens is 293 g/mol. The normalized spacial score (nSPS) is 10.9. The first-order valence-corrected chi connectivity index (χ1v) is 7.61. The summed E-state index contributed by atoms with van der Waals surface area (Å²) in [5.41, 5.74) is 2.49. The molecule has 118 valence electrons. The minimum Gasteiger partial charge on any atom is -0.310 e. The number of aromatic nitrogens is 2. The highest BCUT2D eigenvalue weighted by Crippen LogP contribution is 2.20. The summed E-state index contributed by atoms with van der Waals surface area (Å²) in [5.74, 6) is -0.591. The summed E-state index contributed by atoms with van der Waals surface area (Å²) < 4.78 is 15.2. The zero-order chi connectivity index (χ0) is 16.4. The number of amides is 1. The number of aryl methyl sites for hydroxylation is 1. The van der Waals surface area contributed by atoms with E-state index in [9.17, 15) is 9.18 Å². The van der Waals surface area contributed by atoms with E-state index >= 15 is 0 Å². The average molecular weight is 311 g/mol. The Morgan fingerprint density at radius 2 is 1.96 bits per heavy atom. The van der Waals surface area contributed by atoms with Crippen LogP contribution in [0.25, 0.3) is 5.65 Å². The van der Waals surface area contributed by atoms with Crippen molar-refractivity contribution in [1.29, 1.82) is 0 Å². The van der Waals surface area contributed by atoms with Gasteiger partial charge in [0.2, 0.25) is 0 Å². The number of pyridine rings is 1. The lowest BCUT2D eigenvalue weighted by atomic mass is 10.2. The van der Waals surface area contributed by atoms with E-state index in [1.807, 2.05) is 37.3 Å². The SMILES string of the molecule is CCCc1nc2ccc(F)cn2c1C(=O)N(C)c1ccccc1. The van der Waals surface area contributed by atoms with Gasteiger partial charge in [-0.05, 0) is 30.7 Å². The van der Waals surface area contributed by atoms with Crippen LogP contribution in [-0.4, -0.2) is 22.3 Å². The zero-order valence-electron chi connectivity index (χ0n) is 13.2. The van der Waals surface area contributed by atoms with Gasteiger partial charge in [-0.15, -0.1) is 0 Å². The van der Waals surface area contributed by atoms with E-state index in [0.717, 1.165) is 12.1 Å². The number of imidazole rings is 1. The van der Waals surface area contributed by atoms with E-state index < -0.39 is 5.82 Å². The molecule has 0 unspecified atom stereocenters. The standard InChI is InChI=1S/C18H18FN3O/c1-3-7-15-17(22-12-13(19)10-11-16(22)20-15)18(23)21(2)14-8-5-4-6-9-14/h4-6,8-12H,3,7H2,1-2H3. The van der Waals surface area contributed by atoms with Crippen LogP contribution in [0.5, 0.6) is 0 Å². The minimum atomic E-state index is -0.394. The van der Waals surface area contributed by atoms with Crippen LogP contribution in [0.4, 0.5) is 10.1 Å². The first-order chi connectivity index (χ1) is 11.1. The van der Waals surface area contributed by atoms with Crippen molar-refractivity contribution in [2.45, 2.75) is 19.8 Å². The van der Waals surface area contributed by atoms with E-state index in [2.05, 4.69) is 4.98 Å². The lowest BCUT2D eigenvalue weighted by Gasteiger charge is -2.17. The fraction of sp³-hybridized carbons (Fsp3) is 0.222. The summed E-state index contributed by atoms with van der Waals surface area (Å²) in [6.45, 7) is 2.03. The Labute approximate surface area is 134 Å². The summed E-state index contributed by atoms with van der Waals surface area (Å²) in [5, 5.41) is 0. The van der Waals surface area contributed by atoms with Gasteiger partial charge in [-0.3, -0.25) is 9.20 Å². The van der Waals surface area contributed by atoms with Crippen LogP contribution in [-0.2, 0) is 6.42 Å². The Morgan fingerprint density at radius 1 is 1.22 bits per heavy atom. The first-order valence-electron chi connectivity index (χ1n) is 7.61. The van der Waals surface area contributed by atoms with Crippen LogP contribution in [0.2, 0.25) is 0 Å². The number of fused-ring (bicyclic) bond motifs is 1. The van der Waals surface area contributed by atoms with Crippen LogP contribution in [0.15, 0.2) is 48.7 Å². The fourth-order valence-corrected chi connectivity index (χ4v) is 2.63. The van der Waals surface area contributed by atoms with E-state index in [4.69, 9.17) is 0 Å². The maximum Gasteiger partial charge on any atom is 0.276 e. The molecule has 0 aliphatic carbocycles. The highest BCUT2D eigenvalue weighted by atomic mass is 19.1. The van der Waals surface area contributed by atoms with Gasteiger partial charge in [0.1, 0.15) is 17.2 Å². The van der Waals surface area contributed by atoms with Crippen molar-refractivity contribution in [3.05, 3.63) is 65.9 Å². The van der Waals surface area contributed by atoms with E-state index in [0.29, 0.717) is 23.5 Å². The van der Waals surface area contributed by atoms with Gasteiger partial charge in [0, 0.05) is 18.9 Å². The molecule has 23 heavy (non-hydrogen) atoms. The molecule has 0 spiro atoms. The zero-order valence-corrected chi connectivity index (χ0v) is 13.2. The van der Waals surface area contributed by atoms with Crippen molar-refractivity contribution >= 4 is 17.2 Å². The van der Waals surface area contributed by atoms with E-state index in [-0.39, 0.29) is 5.91 Å². The van der Waals surface area contributed by atoms with Gasteiger partial charge in [0.05, 0.1) is 5.69 Å². The number of anilines is 1. The summed E-state index contributed by atoms with van der Waals surface area (Å²) >= 11 is 0. The Kier molecular flexibility index (Phi) is 4.10. The molecule has 0 saturated heterocycles. The number of para-hydroxylation sites is 1. The molecule has 4 nitrogen and oxygen atoms in total. The van der Waals surface area contributed by atoms with Crippen LogP contribution < -0.4 is 4.90 Å². The summed E-state index contributed by atoms with van der Waals surface area (Å²) in [6, 6.07) is 12.3. The molecule has 3 rings (SSSR count). The fourth-order valence-electron chi connectivity index (χ4n) is 2.63. The molecule has 1 amide bonds. The lowest BCUT2D eigenvalue weighted by molar-refractivity contribution is 0.0986. The van der Waals surface area contributed by atoms with Gasteiger partial charge in [0.15, 0.2) is 0 Å². The van der Waals surface area contributed by atoms with Gasteiger partial charge >= 0.3 is 0 Å². The van der Waals surface area contributed by atoms with Crippen molar-refractivity contribution in [1.82, 2.24) is 9.38 Å². The molecule has 0 atom stereocenters. The largest absolute Gasteiger partial charge is 0.310 e. The number of nitrogens with zero attached hydrogens (tertiary/aromatic N) is 3. The number of rotatable bonds is 4. The van der Waals surface area contributed by atoms with Crippen molar-refractivity contribution in [3.8, 4) is 0 Å². The van der Waals surface area contributed by atoms with Crippen LogP contribution >= 0.6 is 0 Å². The second-order valence-electron chi connectivity index (χ2n) is 5.43. The molecule has 0 saturated carbocycles. The molecule has 0 fully saturated rings. The van der Waals surface area contributed by atoms with Crippen LogP contribution in [0.3, 0.4) is 0 Å². The molecule has 1 aromatic carbocycles. The molecule has 0 aliphatic heterocycles. The highest BCUT2D eigenvalue weighted by molar-refractivity contribution is 6.05. The van der Waals surface area contributed by atoms with Gasteiger partial charge in [0.25, 0.3) is 5.91 Å². The van der Waals surface area contributed by atoms with E-state index in [1.54, 1.807) is 22.4 Å². The maximum atomic E-state index is 13.6. The predicted octanol–water partition coefficient (Wildman–Crippen LogP) is 3.70. The minimum absolute atomic E-state index is 0.197. The number of hydrogen-bond donors (Lipinski definition) is 0. The number of hydrogen-bond acceptors (Lipinski definition) is 2. The smallest absolute Gasteiger partial charge is 0.276 e. The molecule has 0 radical (unpaired) electrons.